The van der Waals surface area contributed by atoms with E-state index in [1.54, 1.807) is 36.5 Å². The molecule has 0 unspecified atom stereocenters. The number of thiophene rings is 1. The Balaban J connectivity index is 3.88. The van der Waals surface area contributed by atoms with Gasteiger partial charge in [-0.15, -0.1) is 11.3 Å². The number of ether oxygens (including phenoxy) is 4. The molecule has 0 spiro atoms. The number of nitrogens with zero attached hydrogens (tertiary/aromatic N) is 3. The summed E-state index contributed by atoms with van der Waals surface area (Å²) in [5, 5.41) is 2.91. The second-order valence-electron chi connectivity index (χ2n) is 5.36. The molecule has 0 atom stereocenters. The summed E-state index contributed by atoms with van der Waals surface area (Å²) in [7, 11) is 7.51. The van der Waals surface area contributed by atoms with Crippen LogP contribution < -0.4 is 10.9 Å². The highest BCUT2D eigenvalue weighted by molar-refractivity contribution is 7.11. The predicted octanol–water partition coefficient (Wildman–Crippen LogP) is 1.61. The van der Waals surface area contributed by atoms with Gasteiger partial charge in [0.05, 0.1) is 39.0 Å². The van der Waals surface area contributed by atoms with E-state index in [1.165, 1.54) is 11.3 Å². The van der Waals surface area contributed by atoms with E-state index in [2.05, 4.69) is 20.3 Å². The van der Waals surface area contributed by atoms with Gasteiger partial charge in [-0.2, -0.15) is 10.0 Å². The summed E-state index contributed by atoms with van der Waals surface area (Å²) in [6, 6.07) is 3.43. The van der Waals surface area contributed by atoms with Crippen molar-refractivity contribution in [1.29, 1.82) is 0 Å². The molecule has 4 amide bonds. The molecule has 1 rings (SSSR count). The minimum atomic E-state index is -1.10. The minimum absolute atomic E-state index is 0.230. The van der Waals surface area contributed by atoms with Crippen molar-refractivity contribution in [2.75, 3.05) is 42.5 Å². The van der Waals surface area contributed by atoms with Crippen LogP contribution in [0.25, 0.3) is 5.70 Å². The molecule has 13 nitrogen and oxygen atoms in total. The number of hydrazine groups is 2. The van der Waals surface area contributed by atoms with Crippen LogP contribution in [0.1, 0.15) is 4.88 Å². The molecule has 0 aliphatic carbocycles. The van der Waals surface area contributed by atoms with Crippen molar-refractivity contribution in [1.82, 2.24) is 25.8 Å². The molecule has 1 aromatic rings. The van der Waals surface area contributed by atoms with Gasteiger partial charge < -0.3 is 23.8 Å². The first-order valence-corrected chi connectivity index (χ1v) is 9.00. The topological polar surface area (TPSA) is 139 Å². The van der Waals surface area contributed by atoms with Crippen LogP contribution in [-0.2, 0) is 18.9 Å². The molecule has 2 N–H and O–H groups in total. The maximum absolute atomic E-state index is 12.5. The van der Waals surface area contributed by atoms with Crippen molar-refractivity contribution in [3.8, 4) is 0 Å². The summed E-state index contributed by atoms with van der Waals surface area (Å²) in [6.45, 7) is 0. The molecular weight excluding hydrogens is 422 g/mol. The fourth-order valence-corrected chi connectivity index (χ4v) is 2.93. The number of amides is 4. The smallest absolute Gasteiger partial charge is 0.434 e. The Morgan fingerprint density at radius 2 is 1.30 bits per heavy atom. The van der Waals surface area contributed by atoms with E-state index in [0.29, 0.717) is 14.9 Å². The quantitative estimate of drug-likeness (QED) is 0.523. The number of rotatable bonds is 4. The van der Waals surface area contributed by atoms with Crippen molar-refractivity contribution < 1.29 is 38.1 Å². The lowest BCUT2D eigenvalue weighted by atomic mass is 10.3. The van der Waals surface area contributed by atoms with E-state index in [-0.39, 0.29) is 11.5 Å². The van der Waals surface area contributed by atoms with Gasteiger partial charge in [-0.05, 0) is 11.4 Å². The summed E-state index contributed by atoms with van der Waals surface area (Å²) < 4.78 is 18.5. The van der Waals surface area contributed by atoms with E-state index >= 15 is 0 Å². The molecule has 0 aromatic carbocycles. The van der Waals surface area contributed by atoms with Crippen LogP contribution >= 0.6 is 11.3 Å². The van der Waals surface area contributed by atoms with Crippen LogP contribution in [0.2, 0.25) is 0 Å². The third-order valence-corrected chi connectivity index (χ3v) is 4.21. The zero-order chi connectivity index (χ0) is 22.8. The largest absolute Gasteiger partial charge is 0.452 e. The first-order chi connectivity index (χ1) is 14.2. The van der Waals surface area contributed by atoms with Crippen LogP contribution in [0.15, 0.2) is 23.3 Å². The van der Waals surface area contributed by atoms with Crippen molar-refractivity contribution in [2.45, 2.75) is 0 Å². The number of nitrogens with one attached hydrogen (secondary N) is 2. The lowest BCUT2D eigenvalue weighted by molar-refractivity contribution is 0.0632. The van der Waals surface area contributed by atoms with Crippen molar-refractivity contribution in [3.63, 3.8) is 0 Å². The summed E-state index contributed by atoms with van der Waals surface area (Å²) in [5.74, 6) is -0.336. The average Bonchev–Trinajstić information content (AvgIpc) is 3.26. The second kappa shape index (κ2) is 11.4. The lowest BCUT2D eigenvalue weighted by Crippen LogP contribution is -2.56. The van der Waals surface area contributed by atoms with Gasteiger partial charge in [0.25, 0.3) is 0 Å². The van der Waals surface area contributed by atoms with E-state index in [4.69, 9.17) is 9.47 Å². The fraction of sp³-hybridized carbons (Fsp3) is 0.375. The van der Waals surface area contributed by atoms with Crippen molar-refractivity contribution in [2.24, 2.45) is 0 Å². The molecule has 166 valence electrons. The highest BCUT2D eigenvalue weighted by atomic mass is 32.1. The van der Waals surface area contributed by atoms with Crippen LogP contribution in [0, 0.1) is 0 Å². The molecule has 1 heterocycles. The maximum atomic E-state index is 12.5. The van der Waals surface area contributed by atoms with Gasteiger partial charge in [0.2, 0.25) is 0 Å². The molecule has 30 heavy (non-hydrogen) atoms. The maximum Gasteiger partial charge on any atom is 0.434 e. The summed E-state index contributed by atoms with van der Waals surface area (Å²) in [4.78, 5) is 51.0. The predicted molar refractivity (Wildman–Crippen MR) is 104 cm³/mol. The van der Waals surface area contributed by atoms with E-state index in [9.17, 15) is 19.2 Å². The normalized spacial score (nSPS) is 9.53. The van der Waals surface area contributed by atoms with Crippen molar-refractivity contribution in [3.05, 3.63) is 28.2 Å². The van der Waals surface area contributed by atoms with Crippen LogP contribution in [0.5, 0.6) is 0 Å². The Kier molecular flexibility index (Phi) is 9.22. The fourth-order valence-electron chi connectivity index (χ4n) is 2.08. The first-order valence-electron chi connectivity index (χ1n) is 8.12. The molecule has 0 saturated heterocycles. The molecule has 0 bridgehead atoms. The molecule has 0 radical (unpaired) electrons. The van der Waals surface area contributed by atoms with Gasteiger partial charge >= 0.3 is 24.4 Å². The van der Waals surface area contributed by atoms with Gasteiger partial charge in [0.1, 0.15) is 0 Å². The molecule has 1 aromatic heterocycles. The number of methoxy groups -OCH3 is 4. The Hall–Kier alpha value is -3.68. The van der Waals surface area contributed by atoms with E-state index in [1.807, 2.05) is 0 Å². The third kappa shape index (κ3) is 5.91. The lowest BCUT2D eigenvalue weighted by Gasteiger charge is -2.33. The molecule has 0 aliphatic heterocycles. The van der Waals surface area contributed by atoms with E-state index < -0.39 is 24.4 Å². The Labute approximate surface area is 176 Å². The molecule has 14 heteroatoms. The zero-order valence-electron chi connectivity index (χ0n) is 17.2. The molecule has 0 saturated carbocycles. The summed E-state index contributed by atoms with van der Waals surface area (Å²) in [5.41, 5.74) is 4.51. The van der Waals surface area contributed by atoms with Crippen LogP contribution in [0.3, 0.4) is 0 Å². The Morgan fingerprint density at radius 1 is 0.833 bits per heavy atom. The SMILES string of the molecule is COC(=O)NN(C(=O)OC)C(=C(c1cccs1)N(C)C)N(NC(=O)OC)C(=O)OC. The second-order valence-corrected chi connectivity index (χ2v) is 6.31. The van der Waals surface area contributed by atoms with Gasteiger partial charge in [-0.25, -0.2) is 30.0 Å². The van der Waals surface area contributed by atoms with Crippen molar-refractivity contribution >= 4 is 41.4 Å². The Bertz CT molecular complexity index is 756. The van der Waals surface area contributed by atoms with Gasteiger partial charge in [-0.1, -0.05) is 6.07 Å². The van der Waals surface area contributed by atoms with Crippen LogP contribution in [-0.4, -0.2) is 81.8 Å². The standard InChI is InChI=1S/C16H23N5O8S/c1-19(2)11(10-8-7-9-30-10)12(20(15(24)28-5)17-13(22)26-3)21(16(25)29-6)18-14(23)27-4/h7-9H,1-6H3,(H,17,22)(H,18,23). The Morgan fingerprint density at radius 3 is 1.60 bits per heavy atom. The molecule has 0 aliphatic rings. The van der Waals surface area contributed by atoms with Gasteiger partial charge in [0.15, 0.2) is 5.82 Å². The average molecular weight is 445 g/mol. The monoisotopic (exact) mass is 445 g/mol. The zero-order valence-corrected chi connectivity index (χ0v) is 18.1. The number of hydrogen-bond donors (Lipinski definition) is 2. The molecular formula is C16H23N5O8S. The van der Waals surface area contributed by atoms with E-state index in [0.717, 1.165) is 28.4 Å². The first kappa shape index (κ1) is 24.4. The summed E-state index contributed by atoms with van der Waals surface area (Å²) >= 11 is 1.27. The number of hydrogen-bond acceptors (Lipinski definition) is 10. The highest BCUT2D eigenvalue weighted by Crippen LogP contribution is 2.29. The summed E-state index contributed by atoms with van der Waals surface area (Å²) in [6.07, 6.45) is -4.31. The highest BCUT2D eigenvalue weighted by Gasteiger charge is 2.36. The van der Waals surface area contributed by atoms with Gasteiger partial charge in [0, 0.05) is 14.1 Å². The van der Waals surface area contributed by atoms with Gasteiger partial charge in [-0.3, -0.25) is 0 Å². The third-order valence-electron chi connectivity index (χ3n) is 3.33. The minimum Gasteiger partial charge on any atom is -0.452 e. The number of carbonyl (C=O) groups is 4. The molecule has 0 fully saturated rings. The number of carbonyl (C=O) groups excluding carboxylic acids is 4. The van der Waals surface area contributed by atoms with Crippen LogP contribution in [0.4, 0.5) is 19.2 Å².